The third-order valence-electron chi connectivity index (χ3n) is 4.21. The molecule has 0 aliphatic carbocycles. The Hall–Kier alpha value is -1.73. The van der Waals surface area contributed by atoms with Gasteiger partial charge in [0.05, 0.1) is 12.2 Å². The molecule has 0 unspecified atom stereocenters. The van der Waals surface area contributed by atoms with E-state index in [4.69, 9.17) is 4.42 Å². The predicted octanol–water partition coefficient (Wildman–Crippen LogP) is 3.24. The molecule has 0 saturated carbocycles. The number of hydrogen-bond donors (Lipinski definition) is 1. The molecule has 1 aliphatic rings. The van der Waals surface area contributed by atoms with Gasteiger partial charge in [-0.1, -0.05) is 0 Å². The summed E-state index contributed by atoms with van der Waals surface area (Å²) in [5, 5.41) is 7.24. The van der Waals surface area contributed by atoms with Crippen LogP contribution in [0, 0.1) is 5.92 Å². The number of hydrogen-bond acceptors (Lipinski definition) is 5. The minimum absolute atomic E-state index is 0.0491. The first kappa shape index (κ1) is 18.1. The van der Waals surface area contributed by atoms with Crippen molar-refractivity contribution in [3.05, 3.63) is 46.5 Å². The Morgan fingerprint density at radius 3 is 3.08 bits per heavy atom. The van der Waals surface area contributed by atoms with E-state index in [1.54, 1.807) is 28.4 Å². The van der Waals surface area contributed by atoms with Gasteiger partial charge in [-0.2, -0.15) is 23.1 Å². The van der Waals surface area contributed by atoms with Crippen LogP contribution in [0.25, 0.3) is 0 Å². The Bertz CT molecular complexity index is 671. The fourth-order valence-electron chi connectivity index (χ4n) is 2.89. The molecule has 2 amide bonds. The summed E-state index contributed by atoms with van der Waals surface area (Å²) in [6.45, 7) is 1.81. The van der Waals surface area contributed by atoms with E-state index >= 15 is 0 Å². The highest BCUT2D eigenvalue weighted by Crippen LogP contribution is 2.19. The second kappa shape index (κ2) is 9.10. The van der Waals surface area contributed by atoms with Crippen LogP contribution in [0.2, 0.25) is 0 Å². The molecule has 1 fully saturated rings. The number of furan rings is 1. The fraction of sp³-hybridized carbons (Fsp3) is 0.444. The molecule has 1 N–H and O–H groups in total. The van der Waals surface area contributed by atoms with Crippen molar-refractivity contribution in [3.8, 4) is 0 Å². The summed E-state index contributed by atoms with van der Waals surface area (Å²) in [5.74, 6) is 2.00. The third kappa shape index (κ3) is 5.12. The zero-order chi connectivity index (χ0) is 17.5. The average Bonchev–Trinajstić information content (AvgIpc) is 3.34. The maximum absolute atomic E-state index is 12.4. The standard InChI is InChI=1S/C18H22N2O3S2/c21-17(19-6-10-25-13-14-5-9-24-12-14)15-3-1-7-20(11-15)18(22)16-4-2-8-23-16/h2,4-5,8-9,12,15H,1,3,6-7,10-11,13H2,(H,19,21)/t15-/m0/s1. The van der Waals surface area contributed by atoms with E-state index < -0.39 is 0 Å². The number of nitrogens with one attached hydrogen (secondary N) is 1. The first-order chi connectivity index (χ1) is 12.2. The van der Waals surface area contributed by atoms with Gasteiger partial charge in [0.15, 0.2) is 5.76 Å². The molecule has 1 atom stereocenters. The lowest BCUT2D eigenvalue weighted by Gasteiger charge is -2.31. The smallest absolute Gasteiger partial charge is 0.289 e. The largest absolute Gasteiger partial charge is 0.459 e. The molecule has 0 bridgehead atoms. The number of nitrogens with zero attached hydrogens (tertiary/aromatic N) is 1. The molecule has 1 saturated heterocycles. The number of carbonyl (C=O) groups excluding carboxylic acids is 2. The number of thioether (sulfide) groups is 1. The molecule has 2 aromatic heterocycles. The quantitative estimate of drug-likeness (QED) is 0.752. The molecular weight excluding hydrogens is 356 g/mol. The maximum atomic E-state index is 12.4. The number of thiophene rings is 1. The van der Waals surface area contributed by atoms with Crippen LogP contribution in [0.15, 0.2) is 39.6 Å². The Kier molecular flexibility index (Phi) is 6.58. The van der Waals surface area contributed by atoms with E-state index in [-0.39, 0.29) is 17.7 Å². The molecular formula is C18H22N2O3S2. The van der Waals surface area contributed by atoms with Gasteiger partial charge in [-0.3, -0.25) is 9.59 Å². The lowest BCUT2D eigenvalue weighted by atomic mass is 9.97. The number of carbonyl (C=O) groups is 2. The van der Waals surface area contributed by atoms with Gasteiger partial charge in [-0.15, -0.1) is 0 Å². The van der Waals surface area contributed by atoms with Crippen LogP contribution < -0.4 is 5.32 Å². The van der Waals surface area contributed by atoms with Crippen LogP contribution in [-0.2, 0) is 10.5 Å². The zero-order valence-corrected chi connectivity index (χ0v) is 15.6. The SMILES string of the molecule is O=C(NCCSCc1ccsc1)[C@H]1CCCN(C(=O)c2ccco2)C1. The Morgan fingerprint density at radius 1 is 1.40 bits per heavy atom. The van der Waals surface area contributed by atoms with Crippen molar-refractivity contribution in [2.24, 2.45) is 5.92 Å². The summed E-state index contributed by atoms with van der Waals surface area (Å²) in [7, 11) is 0. The minimum Gasteiger partial charge on any atom is -0.459 e. The lowest BCUT2D eigenvalue weighted by molar-refractivity contribution is -0.126. The van der Waals surface area contributed by atoms with Crippen LogP contribution in [-0.4, -0.2) is 42.1 Å². The van der Waals surface area contributed by atoms with E-state index in [9.17, 15) is 9.59 Å². The summed E-state index contributed by atoms with van der Waals surface area (Å²) >= 11 is 3.52. The first-order valence-corrected chi connectivity index (χ1v) is 10.5. The van der Waals surface area contributed by atoms with Gasteiger partial charge in [-0.25, -0.2) is 0 Å². The van der Waals surface area contributed by atoms with Gasteiger partial charge in [0.2, 0.25) is 5.91 Å². The Balaban J connectivity index is 1.38. The Labute approximate surface area is 155 Å². The molecule has 1 aliphatic heterocycles. The first-order valence-electron chi connectivity index (χ1n) is 8.43. The van der Waals surface area contributed by atoms with Crippen molar-refractivity contribution in [3.63, 3.8) is 0 Å². The van der Waals surface area contributed by atoms with E-state index in [2.05, 4.69) is 22.1 Å². The van der Waals surface area contributed by atoms with Crippen LogP contribution in [0.4, 0.5) is 0 Å². The van der Waals surface area contributed by atoms with Crippen molar-refractivity contribution < 1.29 is 14.0 Å². The highest BCUT2D eigenvalue weighted by atomic mass is 32.2. The number of likely N-dealkylation sites (tertiary alicyclic amines) is 1. The van der Waals surface area contributed by atoms with E-state index in [1.165, 1.54) is 11.8 Å². The highest BCUT2D eigenvalue weighted by molar-refractivity contribution is 7.98. The van der Waals surface area contributed by atoms with E-state index in [0.717, 1.165) is 24.3 Å². The highest BCUT2D eigenvalue weighted by Gasteiger charge is 2.29. The normalized spacial score (nSPS) is 17.4. The molecule has 0 spiro atoms. The van der Waals surface area contributed by atoms with Crippen LogP contribution in [0.3, 0.4) is 0 Å². The molecule has 2 aromatic rings. The molecule has 3 heterocycles. The average molecular weight is 379 g/mol. The monoisotopic (exact) mass is 378 g/mol. The predicted molar refractivity (Wildman–Crippen MR) is 101 cm³/mol. The van der Waals surface area contributed by atoms with Gasteiger partial charge in [-0.05, 0) is 47.4 Å². The van der Waals surface area contributed by atoms with E-state index in [0.29, 0.717) is 25.4 Å². The molecule has 134 valence electrons. The van der Waals surface area contributed by atoms with Gasteiger partial charge >= 0.3 is 0 Å². The van der Waals surface area contributed by atoms with Crippen molar-refractivity contribution in [2.45, 2.75) is 18.6 Å². The molecule has 25 heavy (non-hydrogen) atoms. The topological polar surface area (TPSA) is 62.6 Å². The number of piperidine rings is 1. The van der Waals surface area contributed by atoms with Gasteiger partial charge in [0.25, 0.3) is 5.91 Å². The maximum Gasteiger partial charge on any atom is 0.289 e. The third-order valence-corrected chi connectivity index (χ3v) is 5.97. The minimum atomic E-state index is -0.131. The van der Waals surface area contributed by atoms with Crippen molar-refractivity contribution in [2.75, 3.05) is 25.4 Å². The second-order valence-electron chi connectivity index (χ2n) is 6.04. The lowest BCUT2D eigenvalue weighted by Crippen LogP contribution is -2.45. The summed E-state index contributed by atoms with van der Waals surface area (Å²) < 4.78 is 5.17. The number of amides is 2. The zero-order valence-electron chi connectivity index (χ0n) is 14.0. The fourth-order valence-corrected chi connectivity index (χ4v) is 4.47. The molecule has 5 nitrogen and oxygen atoms in total. The molecule has 3 rings (SSSR count). The van der Waals surface area contributed by atoms with Crippen LogP contribution >= 0.6 is 23.1 Å². The van der Waals surface area contributed by atoms with Gasteiger partial charge in [0, 0.05) is 31.1 Å². The molecule has 0 radical (unpaired) electrons. The van der Waals surface area contributed by atoms with Gasteiger partial charge in [0.1, 0.15) is 0 Å². The number of rotatable bonds is 7. The van der Waals surface area contributed by atoms with Gasteiger partial charge < -0.3 is 14.6 Å². The summed E-state index contributed by atoms with van der Waals surface area (Å²) in [6.07, 6.45) is 3.17. The van der Waals surface area contributed by atoms with Crippen molar-refractivity contribution in [1.82, 2.24) is 10.2 Å². The summed E-state index contributed by atoms with van der Waals surface area (Å²) in [4.78, 5) is 26.4. The van der Waals surface area contributed by atoms with Crippen LogP contribution in [0.1, 0.15) is 29.0 Å². The summed E-state index contributed by atoms with van der Waals surface area (Å²) in [6, 6.07) is 5.49. The second-order valence-corrected chi connectivity index (χ2v) is 7.93. The molecule has 0 aromatic carbocycles. The van der Waals surface area contributed by atoms with Crippen LogP contribution in [0.5, 0.6) is 0 Å². The van der Waals surface area contributed by atoms with E-state index in [1.807, 2.05) is 11.8 Å². The van der Waals surface area contributed by atoms with Crippen molar-refractivity contribution >= 4 is 34.9 Å². The summed E-state index contributed by atoms with van der Waals surface area (Å²) in [5.41, 5.74) is 1.33. The Morgan fingerprint density at radius 2 is 2.32 bits per heavy atom. The van der Waals surface area contributed by atoms with Crippen molar-refractivity contribution in [1.29, 1.82) is 0 Å². The molecule has 7 heteroatoms.